The molecule has 272 valence electrons. The van der Waals surface area contributed by atoms with E-state index in [1.54, 1.807) is 24.3 Å². The van der Waals surface area contributed by atoms with Crippen LogP contribution in [-0.2, 0) is 65.4 Å². The second-order valence-corrected chi connectivity index (χ2v) is 13.1. The Bertz CT molecular complexity index is 1760. The molecule has 0 bridgehead atoms. The summed E-state index contributed by atoms with van der Waals surface area (Å²) >= 11 is -1.60. The molecule has 0 saturated heterocycles. The Labute approximate surface area is 306 Å². The van der Waals surface area contributed by atoms with E-state index in [4.69, 9.17) is 10.5 Å². The Hall–Kier alpha value is -5.50. The lowest BCUT2D eigenvalue weighted by Crippen LogP contribution is -2.54. The minimum atomic E-state index is -1.60. The number of oxime groups is 1. The van der Waals surface area contributed by atoms with Crippen LogP contribution in [0.3, 0.4) is 0 Å². The molecular formula is C39H43N5O7S. The number of hydrogen-bond acceptors (Lipinski definition) is 9. The molecule has 3 atom stereocenters. The summed E-state index contributed by atoms with van der Waals surface area (Å²) in [7, 11) is 0. The number of carbonyl (C=O) groups excluding carboxylic acids is 4. The van der Waals surface area contributed by atoms with Crippen molar-refractivity contribution in [3.05, 3.63) is 143 Å². The Morgan fingerprint density at radius 2 is 1.35 bits per heavy atom. The third kappa shape index (κ3) is 14.0. The van der Waals surface area contributed by atoms with Crippen LogP contribution in [-0.4, -0.2) is 46.2 Å². The molecule has 0 spiro atoms. The van der Waals surface area contributed by atoms with E-state index in [9.17, 15) is 23.7 Å². The molecule has 52 heavy (non-hydrogen) atoms. The maximum Gasteiger partial charge on any atom is 0.332 e. The van der Waals surface area contributed by atoms with Gasteiger partial charge in [0.1, 0.15) is 18.7 Å². The number of ether oxygens (including phenoxy) is 1. The number of carbonyl (C=O) groups is 4. The largest absolute Gasteiger partial charge is 0.598 e. The third-order valence-electron chi connectivity index (χ3n) is 7.80. The number of amidine groups is 1. The minimum absolute atomic E-state index is 0.00726. The molecule has 4 aromatic rings. The quantitative estimate of drug-likeness (QED) is 0.0278. The monoisotopic (exact) mass is 725 g/mol. The average Bonchev–Trinajstić information content (AvgIpc) is 3.16. The summed E-state index contributed by atoms with van der Waals surface area (Å²) in [5.41, 5.74) is 9.74. The highest BCUT2D eigenvalue weighted by Crippen LogP contribution is 2.12. The molecule has 13 heteroatoms. The van der Waals surface area contributed by atoms with Crippen LogP contribution in [0.1, 0.15) is 54.0 Å². The molecule has 1 unspecified atom stereocenters. The lowest BCUT2D eigenvalue weighted by molar-refractivity contribution is -0.145. The molecule has 0 aromatic heterocycles. The molecule has 2 amide bonds. The van der Waals surface area contributed by atoms with Crippen molar-refractivity contribution in [2.45, 2.75) is 63.6 Å². The summed E-state index contributed by atoms with van der Waals surface area (Å²) in [4.78, 5) is 55.8. The number of amides is 2. The number of hydrogen-bond donors (Lipinski definition) is 4. The predicted molar refractivity (Wildman–Crippen MR) is 198 cm³/mol. The van der Waals surface area contributed by atoms with E-state index in [0.717, 1.165) is 16.7 Å². The zero-order valence-electron chi connectivity index (χ0n) is 28.9. The Balaban J connectivity index is 1.45. The smallest absolute Gasteiger partial charge is 0.332 e. The van der Waals surface area contributed by atoms with Crippen molar-refractivity contribution in [3.8, 4) is 0 Å². The highest BCUT2D eigenvalue weighted by molar-refractivity contribution is 7.88. The van der Waals surface area contributed by atoms with Crippen LogP contribution < -0.4 is 21.1 Å². The first-order valence-corrected chi connectivity index (χ1v) is 18.1. The van der Waals surface area contributed by atoms with Crippen molar-refractivity contribution < 1.29 is 33.3 Å². The molecular weight excluding hydrogens is 683 g/mol. The van der Waals surface area contributed by atoms with Gasteiger partial charge in [0.2, 0.25) is 11.8 Å². The number of benzene rings is 4. The Morgan fingerprint density at radius 1 is 0.750 bits per heavy atom. The number of aryl methyl sites for hydroxylation is 1. The van der Waals surface area contributed by atoms with E-state index >= 15 is 0 Å². The number of rotatable bonds is 19. The summed E-state index contributed by atoms with van der Waals surface area (Å²) in [6, 6.07) is 32.8. The fourth-order valence-corrected chi connectivity index (χ4v) is 6.13. The van der Waals surface area contributed by atoms with Crippen LogP contribution >= 0.6 is 0 Å². The van der Waals surface area contributed by atoms with Gasteiger partial charge in [-0.25, -0.2) is 4.79 Å². The molecule has 0 radical (unpaired) electrons. The normalized spacial score (nSPS) is 12.9. The van der Waals surface area contributed by atoms with Crippen LogP contribution in [0.15, 0.2) is 120 Å². The first-order chi connectivity index (χ1) is 25.2. The van der Waals surface area contributed by atoms with Crippen molar-refractivity contribution in [1.82, 2.24) is 15.4 Å². The number of esters is 1. The lowest BCUT2D eigenvalue weighted by atomic mass is 10.0. The second kappa shape index (κ2) is 21.0. The summed E-state index contributed by atoms with van der Waals surface area (Å²) < 4.78 is 21.6. The van der Waals surface area contributed by atoms with Crippen LogP contribution in [0.4, 0.5) is 0 Å². The molecule has 5 N–H and O–H groups in total. The summed E-state index contributed by atoms with van der Waals surface area (Å²) in [6.07, 6.45) is 0.651. The topological polar surface area (TPSA) is 184 Å². The molecule has 4 rings (SSSR count). The van der Waals surface area contributed by atoms with Gasteiger partial charge in [-0.2, -0.15) is 0 Å². The molecule has 0 fully saturated rings. The second-order valence-electron chi connectivity index (χ2n) is 11.9. The fraction of sp³-hybridized carbons (Fsp3) is 0.256. The molecule has 0 aliphatic carbocycles. The van der Waals surface area contributed by atoms with Crippen molar-refractivity contribution in [3.63, 3.8) is 0 Å². The Kier molecular flexibility index (Phi) is 15.9. The molecule has 0 aliphatic rings. The van der Waals surface area contributed by atoms with Gasteiger partial charge in [-0.3, -0.25) is 14.4 Å². The van der Waals surface area contributed by atoms with Gasteiger partial charge in [-0.15, -0.1) is 4.72 Å². The van der Waals surface area contributed by atoms with Crippen molar-refractivity contribution >= 4 is 41.0 Å². The van der Waals surface area contributed by atoms with Gasteiger partial charge in [-0.1, -0.05) is 120 Å². The first-order valence-electron chi connectivity index (χ1n) is 16.8. The summed E-state index contributed by atoms with van der Waals surface area (Å²) in [5.74, 6) is -1.98. The number of nitrogens with two attached hydrogens (primary N) is 1. The van der Waals surface area contributed by atoms with Crippen molar-refractivity contribution in [2.75, 3.05) is 0 Å². The fourth-order valence-electron chi connectivity index (χ4n) is 5.01. The van der Waals surface area contributed by atoms with Crippen LogP contribution in [0, 0.1) is 0 Å². The van der Waals surface area contributed by atoms with E-state index in [-0.39, 0.29) is 37.6 Å². The Morgan fingerprint density at radius 3 is 1.96 bits per heavy atom. The van der Waals surface area contributed by atoms with Gasteiger partial charge in [0.15, 0.2) is 11.6 Å². The van der Waals surface area contributed by atoms with Crippen LogP contribution in [0.2, 0.25) is 0 Å². The van der Waals surface area contributed by atoms with E-state index < -0.39 is 47.2 Å². The maximum absolute atomic E-state index is 13.8. The molecule has 0 aliphatic heterocycles. The highest BCUT2D eigenvalue weighted by atomic mass is 32.2. The van der Waals surface area contributed by atoms with Gasteiger partial charge >= 0.3 is 11.9 Å². The van der Waals surface area contributed by atoms with Gasteiger partial charge in [-0.05, 0) is 36.0 Å². The van der Waals surface area contributed by atoms with Crippen molar-refractivity contribution in [2.24, 2.45) is 10.9 Å². The van der Waals surface area contributed by atoms with E-state index in [2.05, 4.69) is 25.3 Å². The average molecular weight is 726 g/mol. The van der Waals surface area contributed by atoms with E-state index in [1.807, 2.05) is 91.0 Å². The maximum atomic E-state index is 13.8. The number of nitrogens with zero attached hydrogens (tertiary/aromatic N) is 1. The third-order valence-corrected chi connectivity index (χ3v) is 8.94. The predicted octanol–water partition coefficient (Wildman–Crippen LogP) is 3.95. The first kappa shape index (κ1) is 39.3. The molecule has 0 heterocycles. The summed E-state index contributed by atoms with van der Waals surface area (Å²) in [6.45, 7) is 1.38. The van der Waals surface area contributed by atoms with Crippen molar-refractivity contribution in [1.29, 1.82) is 0 Å². The van der Waals surface area contributed by atoms with Crippen LogP contribution in [0.5, 0.6) is 0 Å². The van der Waals surface area contributed by atoms with Gasteiger partial charge in [0.05, 0.1) is 0 Å². The van der Waals surface area contributed by atoms with Gasteiger partial charge < -0.3 is 30.5 Å². The highest BCUT2D eigenvalue weighted by Gasteiger charge is 2.29. The van der Waals surface area contributed by atoms with E-state index in [0.29, 0.717) is 24.0 Å². The standard InChI is InChI=1S/C39H43N5O7S/c1-28(45)51-43-37(40)33-20-17-30(18-21-33)25-41-38(47)34(23-24-36(46)50-26-31-13-7-3-8-14-31)42-39(48)35(22-19-29-11-5-2-6-12-29)44-52(49)27-32-15-9-4-10-16-32/h2-18,20-21,34-35,44H,19,22-27H2,1H3,(H2,40,43)(H,41,47)(H,42,48)/t34-,35+,52?/m0/s1. The molecule has 0 saturated carbocycles. The van der Waals surface area contributed by atoms with Gasteiger partial charge in [0, 0.05) is 42.4 Å². The lowest BCUT2D eigenvalue weighted by Gasteiger charge is -2.24. The van der Waals surface area contributed by atoms with Crippen LogP contribution in [0.25, 0.3) is 0 Å². The molecule has 4 aromatic carbocycles. The minimum Gasteiger partial charge on any atom is -0.598 e. The van der Waals surface area contributed by atoms with Gasteiger partial charge in [0.25, 0.3) is 0 Å². The summed E-state index contributed by atoms with van der Waals surface area (Å²) in [5, 5.41) is 9.20. The number of nitrogens with one attached hydrogen (secondary N) is 3. The molecule has 12 nitrogen and oxygen atoms in total. The zero-order chi connectivity index (χ0) is 37.1. The zero-order valence-corrected chi connectivity index (χ0v) is 29.7. The SMILES string of the molecule is CC(=O)O/N=C(\N)c1ccc(CNC(=O)[C@H](CCC(=O)OCc2ccccc2)NC(=O)[C@@H](CCc2ccccc2)N[S+]([O-])Cc2ccccc2)cc1. The van der Waals surface area contributed by atoms with E-state index in [1.165, 1.54) is 6.92 Å².